The van der Waals surface area contributed by atoms with E-state index in [1.54, 1.807) is 13.3 Å². The number of allylic oxidation sites excluding steroid dienone is 1. The van der Waals surface area contributed by atoms with E-state index in [1.165, 1.54) is 11.8 Å². The van der Waals surface area contributed by atoms with Gasteiger partial charge in [0.15, 0.2) is 0 Å². The highest BCUT2D eigenvalue weighted by molar-refractivity contribution is 8.03. The zero-order chi connectivity index (χ0) is 17.0. The summed E-state index contributed by atoms with van der Waals surface area (Å²) >= 11 is 1.40. The molecule has 0 bridgehead atoms. The molecule has 0 fully saturated rings. The zero-order valence-corrected chi connectivity index (χ0v) is 15.1. The molecule has 0 saturated heterocycles. The van der Waals surface area contributed by atoms with Gasteiger partial charge >= 0.3 is 0 Å². The number of rotatable bonds is 6. The number of aliphatic imine (C=N–C) groups is 1. The van der Waals surface area contributed by atoms with Crippen molar-refractivity contribution in [2.24, 2.45) is 4.99 Å². The van der Waals surface area contributed by atoms with Gasteiger partial charge in [0.25, 0.3) is 5.91 Å². The third kappa shape index (κ3) is 6.80. The maximum absolute atomic E-state index is 12.1. The smallest absolute Gasteiger partial charge is 0.259 e. The third-order valence-electron chi connectivity index (χ3n) is 2.67. The van der Waals surface area contributed by atoms with Crippen molar-refractivity contribution in [2.75, 3.05) is 13.4 Å². The first-order valence-corrected chi connectivity index (χ1v) is 8.49. The standard InChI is InChI=1S/C15H20N2O2S.C2H6/c1-5-16-11(2)14(20-4)15(18)17-10-12-6-8-13(19-3)9-7-12;1-2/h5-9H,10H2,1-4H3,(H,17,18);1-2H3/b14-11-,16-5?;. The highest BCUT2D eigenvalue weighted by Crippen LogP contribution is 2.18. The fourth-order valence-corrected chi connectivity index (χ4v) is 2.27. The molecule has 0 atom stereocenters. The topological polar surface area (TPSA) is 50.7 Å². The van der Waals surface area contributed by atoms with E-state index in [0.29, 0.717) is 11.4 Å². The molecule has 0 spiro atoms. The Labute approximate surface area is 138 Å². The average molecular weight is 322 g/mol. The van der Waals surface area contributed by atoms with Crippen LogP contribution in [0.5, 0.6) is 5.75 Å². The van der Waals surface area contributed by atoms with Crippen LogP contribution in [0.4, 0.5) is 0 Å². The van der Waals surface area contributed by atoms with Crippen molar-refractivity contribution < 1.29 is 9.53 Å². The Kier molecular flexibility index (Phi) is 10.9. The SMILES string of the molecule is CC.CC=N/C(C)=C(\SC)C(=O)NCc1ccc(OC)cc1. The Balaban J connectivity index is 0.00000211. The Bertz CT molecular complexity index is 508. The van der Waals surface area contributed by atoms with Crippen molar-refractivity contribution in [1.29, 1.82) is 0 Å². The summed E-state index contributed by atoms with van der Waals surface area (Å²) in [6, 6.07) is 7.61. The minimum atomic E-state index is -0.101. The van der Waals surface area contributed by atoms with Gasteiger partial charge in [0.1, 0.15) is 5.75 Å². The van der Waals surface area contributed by atoms with E-state index in [2.05, 4.69) is 10.3 Å². The van der Waals surface area contributed by atoms with E-state index < -0.39 is 0 Å². The van der Waals surface area contributed by atoms with E-state index in [0.717, 1.165) is 17.0 Å². The molecule has 0 radical (unpaired) electrons. The number of thioether (sulfide) groups is 1. The number of nitrogens with one attached hydrogen (secondary N) is 1. The molecule has 1 rings (SSSR count). The largest absolute Gasteiger partial charge is 0.497 e. The minimum Gasteiger partial charge on any atom is -0.497 e. The Morgan fingerprint density at radius 1 is 1.32 bits per heavy atom. The first-order chi connectivity index (χ1) is 10.6. The number of carbonyl (C=O) groups excluding carboxylic acids is 1. The summed E-state index contributed by atoms with van der Waals surface area (Å²) in [6.45, 7) is 8.14. The molecule has 0 aliphatic heterocycles. The molecule has 0 heterocycles. The highest BCUT2D eigenvalue weighted by Gasteiger charge is 2.11. The number of amides is 1. The third-order valence-corrected chi connectivity index (χ3v) is 3.56. The number of carbonyl (C=O) groups is 1. The van der Waals surface area contributed by atoms with Crippen molar-refractivity contribution in [1.82, 2.24) is 5.32 Å². The van der Waals surface area contributed by atoms with Crippen LogP contribution in [0.15, 0.2) is 39.9 Å². The van der Waals surface area contributed by atoms with Crippen LogP contribution in [0.1, 0.15) is 33.3 Å². The van der Waals surface area contributed by atoms with Crippen LogP contribution in [0, 0.1) is 0 Å². The van der Waals surface area contributed by atoms with Gasteiger partial charge in [-0.2, -0.15) is 0 Å². The molecule has 1 aromatic carbocycles. The van der Waals surface area contributed by atoms with Crippen LogP contribution in [-0.2, 0) is 11.3 Å². The summed E-state index contributed by atoms with van der Waals surface area (Å²) < 4.78 is 5.09. The van der Waals surface area contributed by atoms with E-state index in [-0.39, 0.29) is 5.91 Å². The predicted octanol–water partition coefficient (Wildman–Crippen LogP) is 4.02. The number of hydrogen-bond acceptors (Lipinski definition) is 4. The Morgan fingerprint density at radius 3 is 2.36 bits per heavy atom. The second-order valence-corrected chi connectivity index (χ2v) is 4.85. The van der Waals surface area contributed by atoms with Crippen LogP contribution in [0.2, 0.25) is 0 Å². The fourth-order valence-electron chi connectivity index (χ4n) is 1.66. The minimum absolute atomic E-state index is 0.101. The first kappa shape index (κ1) is 20.2. The summed E-state index contributed by atoms with van der Waals surface area (Å²) in [7, 11) is 1.63. The van der Waals surface area contributed by atoms with Gasteiger partial charge < -0.3 is 10.1 Å². The van der Waals surface area contributed by atoms with E-state index in [1.807, 2.05) is 58.2 Å². The van der Waals surface area contributed by atoms with E-state index in [4.69, 9.17) is 4.74 Å². The average Bonchev–Trinajstić information content (AvgIpc) is 2.56. The lowest BCUT2D eigenvalue weighted by atomic mass is 10.2. The summed E-state index contributed by atoms with van der Waals surface area (Å²) in [5.41, 5.74) is 1.75. The van der Waals surface area contributed by atoms with Crippen LogP contribution < -0.4 is 10.1 Å². The molecule has 0 aliphatic carbocycles. The lowest BCUT2D eigenvalue weighted by Crippen LogP contribution is -2.24. The molecular formula is C17H26N2O2S. The normalized spacial score (nSPS) is 11.4. The fraction of sp³-hybridized carbons (Fsp3) is 0.412. The lowest BCUT2D eigenvalue weighted by molar-refractivity contribution is -0.117. The first-order valence-electron chi connectivity index (χ1n) is 7.27. The summed E-state index contributed by atoms with van der Waals surface area (Å²) in [5.74, 6) is 0.703. The molecule has 22 heavy (non-hydrogen) atoms. The van der Waals surface area contributed by atoms with E-state index >= 15 is 0 Å². The highest BCUT2D eigenvalue weighted by atomic mass is 32.2. The molecule has 122 valence electrons. The summed E-state index contributed by atoms with van der Waals surface area (Å²) in [6.07, 6.45) is 3.55. The maximum Gasteiger partial charge on any atom is 0.259 e. The van der Waals surface area contributed by atoms with Gasteiger partial charge in [-0.05, 0) is 37.8 Å². The molecular weight excluding hydrogens is 296 g/mol. The van der Waals surface area contributed by atoms with Gasteiger partial charge in [-0.3, -0.25) is 9.79 Å². The second kappa shape index (κ2) is 11.9. The molecule has 1 N–H and O–H groups in total. The zero-order valence-electron chi connectivity index (χ0n) is 14.3. The van der Waals surface area contributed by atoms with Crippen LogP contribution in [0.3, 0.4) is 0 Å². The summed E-state index contributed by atoms with van der Waals surface area (Å²) in [4.78, 5) is 16.9. The Morgan fingerprint density at radius 2 is 1.91 bits per heavy atom. The van der Waals surface area contributed by atoms with Crippen LogP contribution in [0.25, 0.3) is 0 Å². The van der Waals surface area contributed by atoms with Crippen molar-refractivity contribution in [2.45, 2.75) is 34.2 Å². The molecule has 0 unspecified atom stereocenters. The molecule has 1 amide bonds. The molecule has 0 saturated carbocycles. The molecule has 0 aliphatic rings. The van der Waals surface area contributed by atoms with Crippen molar-refractivity contribution >= 4 is 23.9 Å². The van der Waals surface area contributed by atoms with Crippen molar-refractivity contribution in [3.05, 3.63) is 40.4 Å². The summed E-state index contributed by atoms with van der Waals surface area (Å²) in [5, 5.41) is 2.89. The van der Waals surface area contributed by atoms with Gasteiger partial charge in [-0.25, -0.2) is 0 Å². The molecule has 0 aromatic heterocycles. The molecule has 5 heteroatoms. The number of methoxy groups -OCH3 is 1. The predicted molar refractivity (Wildman–Crippen MR) is 96.6 cm³/mol. The number of ether oxygens (including phenoxy) is 1. The Hall–Kier alpha value is -1.75. The lowest BCUT2D eigenvalue weighted by Gasteiger charge is -2.09. The number of hydrogen-bond donors (Lipinski definition) is 1. The monoisotopic (exact) mass is 322 g/mol. The van der Waals surface area contributed by atoms with Crippen LogP contribution >= 0.6 is 11.8 Å². The van der Waals surface area contributed by atoms with Gasteiger partial charge in [0.2, 0.25) is 0 Å². The molecule has 1 aromatic rings. The van der Waals surface area contributed by atoms with Crippen molar-refractivity contribution in [3.63, 3.8) is 0 Å². The van der Waals surface area contributed by atoms with E-state index in [9.17, 15) is 4.79 Å². The maximum atomic E-state index is 12.1. The number of benzene rings is 1. The molecule has 4 nitrogen and oxygen atoms in total. The van der Waals surface area contributed by atoms with Crippen molar-refractivity contribution in [3.8, 4) is 5.75 Å². The number of nitrogens with zero attached hydrogens (tertiary/aromatic N) is 1. The van der Waals surface area contributed by atoms with Gasteiger partial charge in [-0.15, -0.1) is 11.8 Å². The van der Waals surface area contributed by atoms with Gasteiger partial charge in [0.05, 0.1) is 17.7 Å². The second-order valence-electron chi connectivity index (χ2n) is 4.04. The quantitative estimate of drug-likeness (QED) is 0.635. The van der Waals surface area contributed by atoms with Gasteiger partial charge in [0, 0.05) is 12.8 Å². The van der Waals surface area contributed by atoms with Crippen LogP contribution in [-0.4, -0.2) is 25.5 Å². The van der Waals surface area contributed by atoms with Gasteiger partial charge in [-0.1, -0.05) is 26.0 Å².